The van der Waals surface area contributed by atoms with E-state index < -0.39 is 5.60 Å². The monoisotopic (exact) mass is 459 g/mol. The Balaban J connectivity index is 0.00000160. The number of benzene rings is 1. The number of nitrogens with zero attached hydrogens (tertiary/aromatic N) is 3. The molecule has 0 radical (unpaired) electrons. The number of ether oxygens (including phenoxy) is 1. The second-order valence-electron chi connectivity index (χ2n) is 7.50. The highest BCUT2D eigenvalue weighted by atomic mass is 35.5. The molecule has 1 fully saturated rings. The Hall–Kier alpha value is -1.74. The van der Waals surface area contributed by atoms with Crippen LogP contribution in [-0.2, 0) is 22.5 Å². The smallest absolute Gasteiger partial charge is 0.256 e. The predicted molar refractivity (Wildman–Crippen MR) is 118 cm³/mol. The zero-order valence-electron chi connectivity index (χ0n) is 16.9. The van der Waals surface area contributed by atoms with Gasteiger partial charge in [-0.15, -0.1) is 35.0 Å². The molecule has 1 aromatic carbocycles. The molecule has 0 spiro atoms. The van der Waals surface area contributed by atoms with Gasteiger partial charge >= 0.3 is 0 Å². The lowest BCUT2D eigenvalue weighted by molar-refractivity contribution is -0.140. The van der Waals surface area contributed by atoms with Gasteiger partial charge in [0, 0.05) is 25.8 Å². The molecule has 1 saturated heterocycles. The molecule has 2 aliphatic heterocycles. The van der Waals surface area contributed by atoms with E-state index >= 15 is 0 Å². The molecule has 10 heteroatoms. The number of carbonyl (C=O) groups is 1. The second kappa shape index (κ2) is 10.5. The van der Waals surface area contributed by atoms with Gasteiger partial charge in [0.05, 0.1) is 5.56 Å². The van der Waals surface area contributed by atoms with Gasteiger partial charge in [0.1, 0.15) is 17.2 Å². The second-order valence-corrected chi connectivity index (χ2v) is 7.50. The lowest BCUT2D eigenvalue weighted by atomic mass is 9.91. The van der Waals surface area contributed by atoms with Gasteiger partial charge in [-0.25, -0.2) is 4.39 Å². The van der Waals surface area contributed by atoms with Crippen molar-refractivity contribution in [2.75, 3.05) is 25.5 Å². The van der Waals surface area contributed by atoms with Crippen LogP contribution in [-0.4, -0.2) is 46.5 Å². The van der Waals surface area contributed by atoms with E-state index in [0.29, 0.717) is 29.9 Å². The van der Waals surface area contributed by atoms with E-state index in [1.807, 2.05) is 4.57 Å². The Kier molecular flexibility index (Phi) is 8.61. The number of hydrogen-bond acceptors (Lipinski definition) is 5. The van der Waals surface area contributed by atoms with Crippen LogP contribution in [0.3, 0.4) is 0 Å². The van der Waals surface area contributed by atoms with Crippen LogP contribution in [0.15, 0.2) is 18.2 Å². The Bertz CT molecular complexity index is 871. The van der Waals surface area contributed by atoms with Crippen molar-refractivity contribution in [3.8, 4) is 11.4 Å². The van der Waals surface area contributed by atoms with Crippen LogP contribution in [0.1, 0.15) is 37.9 Å². The molecule has 4 rings (SSSR count). The fourth-order valence-electron chi connectivity index (χ4n) is 4.06. The van der Waals surface area contributed by atoms with Crippen molar-refractivity contribution in [1.82, 2.24) is 20.1 Å². The molecule has 1 amide bonds. The van der Waals surface area contributed by atoms with E-state index in [-0.39, 0.29) is 36.5 Å². The number of nitrogens with one attached hydrogen (secondary N) is 2. The summed E-state index contributed by atoms with van der Waals surface area (Å²) in [5.41, 5.74) is 0.0312. The average molecular weight is 460 g/mol. The number of halogens is 3. The summed E-state index contributed by atoms with van der Waals surface area (Å²) in [6.45, 7) is 2.23. The topological polar surface area (TPSA) is 81.1 Å². The Morgan fingerprint density at radius 2 is 1.97 bits per heavy atom. The third-order valence-corrected chi connectivity index (χ3v) is 5.79. The minimum Gasteiger partial charge on any atom is -0.368 e. The molecule has 0 unspecified atom stereocenters. The van der Waals surface area contributed by atoms with Crippen molar-refractivity contribution >= 4 is 36.4 Å². The van der Waals surface area contributed by atoms with Crippen molar-refractivity contribution in [2.24, 2.45) is 0 Å². The number of fused-ring (bicyclic) bond motifs is 1. The number of hydrogen-bond donors (Lipinski definition) is 2. The highest BCUT2D eigenvalue weighted by molar-refractivity contribution is 5.97. The van der Waals surface area contributed by atoms with E-state index in [2.05, 4.69) is 20.8 Å². The standard InChI is InChI=1S/C20H26FN5O2.2ClH/c1-28-20(8-10-22-11-9-20)19(27)23-14-6-7-16(21)15(13-14)18-25-24-17-5-3-2-4-12-26(17)18;;/h6-7,13,22H,2-5,8-12H2,1H3,(H,23,27);2*1H. The van der Waals surface area contributed by atoms with Crippen LogP contribution in [0.2, 0.25) is 0 Å². The minimum absolute atomic E-state index is 0. The van der Waals surface area contributed by atoms with Crippen LogP contribution in [0, 0.1) is 5.82 Å². The molecule has 1 aromatic heterocycles. The first-order chi connectivity index (χ1) is 13.6. The molecule has 0 aliphatic carbocycles. The molecule has 30 heavy (non-hydrogen) atoms. The van der Waals surface area contributed by atoms with Crippen LogP contribution >= 0.6 is 24.8 Å². The summed E-state index contributed by atoms with van der Waals surface area (Å²) >= 11 is 0. The molecule has 2 aromatic rings. The fourth-order valence-corrected chi connectivity index (χ4v) is 4.06. The number of rotatable bonds is 4. The van der Waals surface area contributed by atoms with E-state index in [0.717, 1.165) is 51.1 Å². The van der Waals surface area contributed by atoms with Crippen molar-refractivity contribution in [1.29, 1.82) is 0 Å². The minimum atomic E-state index is -0.855. The number of aryl methyl sites for hydroxylation is 1. The number of anilines is 1. The molecular weight excluding hydrogens is 432 g/mol. The van der Waals surface area contributed by atoms with Crippen LogP contribution in [0.5, 0.6) is 0 Å². The van der Waals surface area contributed by atoms with Gasteiger partial charge in [0.15, 0.2) is 5.82 Å². The molecule has 2 N–H and O–H groups in total. The molecule has 2 aliphatic rings. The van der Waals surface area contributed by atoms with Crippen LogP contribution in [0.4, 0.5) is 10.1 Å². The molecule has 0 saturated carbocycles. The third kappa shape index (κ3) is 4.77. The molecule has 0 atom stereocenters. The third-order valence-electron chi connectivity index (χ3n) is 5.79. The first-order valence-electron chi connectivity index (χ1n) is 9.92. The largest absolute Gasteiger partial charge is 0.368 e. The molecule has 166 valence electrons. The molecular formula is C20H28Cl2FN5O2. The predicted octanol–water partition coefficient (Wildman–Crippen LogP) is 3.36. The number of methoxy groups -OCH3 is 1. The number of carbonyl (C=O) groups excluding carboxylic acids is 1. The lowest BCUT2D eigenvalue weighted by Crippen LogP contribution is -2.51. The van der Waals surface area contributed by atoms with Crippen molar-refractivity contribution < 1.29 is 13.9 Å². The maximum absolute atomic E-state index is 14.6. The van der Waals surface area contributed by atoms with Gasteiger partial charge in [-0.2, -0.15) is 0 Å². The normalized spacial score (nSPS) is 17.7. The van der Waals surface area contributed by atoms with Crippen molar-refractivity contribution in [3.05, 3.63) is 29.8 Å². The summed E-state index contributed by atoms with van der Waals surface area (Å²) in [6.07, 6.45) is 5.29. The van der Waals surface area contributed by atoms with Gasteiger partial charge in [0.2, 0.25) is 0 Å². The van der Waals surface area contributed by atoms with E-state index in [1.165, 1.54) is 6.07 Å². The van der Waals surface area contributed by atoms with Gasteiger partial charge < -0.3 is 19.9 Å². The Morgan fingerprint density at radius 3 is 2.70 bits per heavy atom. The lowest BCUT2D eigenvalue weighted by Gasteiger charge is -2.34. The van der Waals surface area contributed by atoms with E-state index in [9.17, 15) is 9.18 Å². The quantitative estimate of drug-likeness (QED) is 0.732. The van der Waals surface area contributed by atoms with E-state index in [4.69, 9.17) is 4.74 Å². The maximum atomic E-state index is 14.6. The molecule has 7 nitrogen and oxygen atoms in total. The van der Waals surface area contributed by atoms with Crippen molar-refractivity contribution in [2.45, 2.75) is 50.7 Å². The summed E-state index contributed by atoms with van der Waals surface area (Å²) < 4.78 is 22.2. The SMILES string of the molecule is COC1(C(=O)Nc2ccc(F)c(-c3nnc4n3CCCCC4)c2)CCNCC1.Cl.Cl. The highest BCUT2D eigenvalue weighted by Gasteiger charge is 2.39. The van der Waals surface area contributed by atoms with Gasteiger partial charge in [-0.1, -0.05) is 6.42 Å². The summed E-state index contributed by atoms with van der Waals surface area (Å²) in [6, 6.07) is 4.58. The van der Waals surface area contributed by atoms with Crippen LogP contribution < -0.4 is 10.6 Å². The summed E-state index contributed by atoms with van der Waals surface area (Å²) in [5, 5.41) is 14.6. The number of amides is 1. The first kappa shape index (κ1) is 24.5. The van der Waals surface area contributed by atoms with Gasteiger partial charge in [0.25, 0.3) is 5.91 Å². The fraction of sp³-hybridized carbons (Fsp3) is 0.550. The average Bonchev–Trinajstić information content (AvgIpc) is 2.97. The maximum Gasteiger partial charge on any atom is 0.256 e. The first-order valence-corrected chi connectivity index (χ1v) is 9.92. The van der Waals surface area contributed by atoms with Crippen molar-refractivity contribution in [3.63, 3.8) is 0 Å². The number of piperidine rings is 1. The van der Waals surface area contributed by atoms with Gasteiger partial charge in [-0.3, -0.25) is 4.79 Å². The molecule has 0 bridgehead atoms. The Labute approximate surface area is 188 Å². The van der Waals surface area contributed by atoms with Gasteiger partial charge in [-0.05, 0) is 57.0 Å². The zero-order valence-corrected chi connectivity index (χ0v) is 18.6. The van der Waals surface area contributed by atoms with E-state index in [1.54, 1.807) is 19.2 Å². The summed E-state index contributed by atoms with van der Waals surface area (Å²) in [4.78, 5) is 12.9. The molecule has 3 heterocycles. The summed E-state index contributed by atoms with van der Waals surface area (Å²) in [5.74, 6) is 0.845. The number of aromatic nitrogens is 3. The Morgan fingerprint density at radius 1 is 1.20 bits per heavy atom. The highest BCUT2D eigenvalue weighted by Crippen LogP contribution is 2.29. The van der Waals surface area contributed by atoms with Crippen LogP contribution in [0.25, 0.3) is 11.4 Å². The zero-order chi connectivity index (χ0) is 19.6. The summed E-state index contributed by atoms with van der Waals surface area (Å²) in [7, 11) is 1.56.